The normalized spacial score (nSPS) is 19.8. The van der Waals surface area contributed by atoms with Crippen molar-refractivity contribution in [1.82, 2.24) is 4.57 Å². The van der Waals surface area contributed by atoms with Crippen molar-refractivity contribution in [3.63, 3.8) is 0 Å². The molecule has 2 atom stereocenters. The molecule has 1 nitrogen and oxygen atoms in total. The monoisotopic (exact) mass is 604 g/mol. The van der Waals surface area contributed by atoms with Gasteiger partial charge >= 0.3 is 105 Å². The zero-order valence-electron chi connectivity index (χ0n) is 21.4. The molecule has 3 aromatic carbocycles. The third kappa shape index (κ3) is 3.90. The Morgan fingerprint density at radius 2 is 1.50 bits per heavy atom. The number of aromatic nitrogens is 1. The summed E-state index contributed by atoms with van der Waals surface area (Å²) in [5, 5.41) is 4.48. The zero-order chi connectivity index (χ0) is 23.8. The van der Waals surface area contributed by atoms with Gasteiger partial charge in [0.2, 0.25) is 0 Å². The van der Waals surface area contributed by atoms with Crippen LogP contribution in [0.2, 0.25) is 13.1 Å². The molecular weight excluding hydrogens is 577 g/mol. The van der Waals surface area contributed by atoms with E-state index in [0.717, 1.165) is 5.54 Å². The van der Waals surface area contributed by atoms with E-state index in [0.29, 0.717) is 3.63 Å². The van der Waals surface area contributed by atoms with Crippen molar-refractivity contribution < 1.29 is 49.5 Å². The molecule has 2 bridgehead atoms. The molecule has 2 unspecified atom stereocenters. The minimum atomic E-state index is -1.19. The molecule has 0 saturated carbocycles. The fourth-order valence-electron chi connectivity index (χ4n) is 6.71. The molecule has 5 heteroatoms. The van der Waals surface area contributed by atoms with Crippen LogP contribution in [0.25, 0.3) is 27.7 Å². The summed E-state index contributed by atoms with van der Waals surface area (Å²) in [7, 11) is -1.19. The van der Waals surface area contributed by atoms with Crippen LogP contribution in [0.5, 0.6) is 0 Å². The van der Waals surface area contributed by atoms with Gasteiger partial charge in [-0.15, -0.1) is 0 Å². The number of allylic oxidation sites excluding steroid dienone is 2. The van der Waals surface area contributed by atoms with E-state index in [1.807, 2.05) is 0 Å². The van der Waals surface area contributed by atoms with Crippen molar-refractivity contribution in [2.24, 2.45) is 0 Å². The Bertz CT molecular complexity index is 1530. The number of aryl methyl sites for hydroxylation is 1. The third-order valence-electron chi connectivity index (χ3n) is 8.12. The molecule has 0 radical (unpaired) electrons. The molecule has 1 aromatic heterocycles. The summed E-state index contributed by atoms with van der Waals surface area (Å²) in [6, 6.07) is 26.4. The Kier molecular flexibility index (Phi) is 7.54. The van der Waals surface area contributed by atoms with E-state index in [-0.39, 0.29) is 24.8 Å². The van der Waals surface area contributed by atoms with Crippen LogP contribution in [-0.4, -0.2) is 12.6 Å². The van der Waals surface area contributed by atoms with E-state index in [4.69, 9.17) is 0 Å². The van der Waals surface area contributed by atoms with Gasteiger partial charge in [-0.25, -0.2) is 0 Å². The number of hydrogen-bond donors (Lipinski definition) is 0. The Morgan fingerprint density at radius 1 is 0.833 bits per heavy atom. The summed E-state index contributed by atoms with van der Waals surface area (Å²) in [4.78, 5) is 0. The maximum Gasteiger partial charge on any atom is -1.00 e. The van der Waals surface area contributed by atoms with Gasteiger partial charge in [0.15, 0.2) is 0 Å². The van der Waals surface area contributed by atoms with Crippen LogP contribution in [0.3, 0.4) is 0 Å². The SMILES string of the molecule is CC1=C2c3cc(C)n(-c4ccccc4)c3C1[Si]2(C)C.CC1=Cc2c(ccc3ccccc23)[CH]1[Zr+2].[Cl-].[Cl-]. The smallest absolute Gasteiger partial charge is 1.00 e. The number of nitrogens with zero attached hydrogens (tertiary/aromatic N) is 1. The maximum atomic E-state index is 2.52. The van der Waals surface area contributed by atoms with E-state index in [1.54, 1.807) is 46.7 Å². The molecule has 36 heavy (non-hydrogen) atoms. The van der Waals surface area contributed by atoms with Crippen LogP contribution in [0.1, 0.15) is 51.1 Å². The van der Waals surface area contributed by atoms with Crippen molar-refractivity contribution in [3.05, 3.63) is 112 Å². The number of para-hydroxylation sites is 1. The van der Waals surface area contributed by atoms with Crippen LogP contribution in [0, 0.1) is 6.92 Å². The number of benzene rings is 3. The molecule has 8 rings (SSSR count). The summed E-state index contributed by atoms with van der Waals surface area (Å²) in [6.07, 6.45) is 2.36. The first-order valence-electron chi connectivity index (χ1n) is 12.2. The first-order valence-corrected chi connectivity index (χ1v) is 16.7. The average molecular weight is 607 g/mol. The fourth-order valence-corrected chi connectivity index (χ4v) is 11.8. The van der Waals surface area contributed by atoms with E-state index in [1.165, 1.54) is 38.9 Å². The van der Waals surface area contributed by atoms with Gasteiger partial charge in [-0.05, 0) is 37.6 Å². The van der Waals surface area contributed by atoms with Gasteiger partial charge in [0.25, 0.3) is 0 Å². The molecule has 0 saturated heterocycles. The quantitative estimate of drug-likeness (QED) is 0.294. The molecule has 181 valence electrons. The molecule has 4 aromatic rings. The molecule has 0 fully saturated rings. The summed E-state index contributed by atoms with van der Waals surface area (Å²) in [6.45, 7) is 11.8. The molecule has 2 aliphatic heterocycles. The van der Waals surface area contributed by atoms with Crippen molar-refractivity contribution in [2.45, 2.75) is 43.0 Å². The molecule has 4 aliphatic rings. The second-order valence-corrected chi connectivity index (χ2v) is 16.5. The Morgan fingerprint density at radius 3 is 2.19 bits per heavy atom. The molecule has 0 N–H and O–H groups in total. The Hall–Kier alpha value is -1.64. The van der Waals surface area contributed by atoms with Crippen molar-refractivity contribution >= 4 is 30.1 Å². The topological polar surface area (TPSA) is 4.93 Å². The van der Waals surface area contributed by atoms with Crippen molar-refractivity contribution in [2.75, 3.05) is 0 Å². The summed E-state index contributed by atoms with van der Waals surface area (Å²) in [5.41, 5.74) is 12.7. The predicted molar refractivity (Wildman–Crippen MR) is 144 cm³/mol. The van der Waals surface area contributed by atoms with Gasteiger partial charge in [-0.3, -0.25) is 0 Å². The summed E-state index contributed by atoms with van der Waals surface area (Å²) < 4.78 is 3.16. The molecule has 3 heterocycles. The summed E-state index contributed by atoms with van der Waals surface area (Å²) in [5.74, 6) is 0. The Balaban J connectivity index is 0.000000164. The van der Waals surface area contributed by atoms with Crippen molar-refractivity contribution in [1.29, 1.82) is 0 Å². The van der Waals surface area contributed by atoms with Gasteiger partial charge in [-0.1, -0.05) is 42.1 Å². The predicted octanol–water partition coefficient (Wildman–Crippen LogP) is 2.31. The van der Waals surface area contributed by atoms with Crippen LogP contribution in [0.4, 0.5) is 0 Å². The van der Waals surface area contributed by atoms with E-state index >= 15 is 0 Å². The maximum absolute atomic E-state index is 2.52. The molecular formula is C31H30Cl2NSiZr. The Labute approximate surface area is 243 Å². The molecule has 0 spiro atoms. The minimum absolute atomic E-state index is 0. The van der Waals surface area contributed by atoms with Gasteiger partial charge < -0.3 is 29.4 Å². The van der Waals surface area contributed by atoms with Gasteiger partial charge in [0.05, 0.1) is 8.07 Å². The third-order valence-corrected chi connectivity index (χ3v) is 14.1. The molecule has 2 aliphatic carbocycles. The van der Waals surface area contributed by atoms with Crippen molar-refractivity contribution in [3.8, 4) is 5.69 Å². The summed E-state index contributed by atoms with van der Waals surface area (Å²) >= 11 is 1.60. The largest absolute Gasteiger partial charge is 1.00 e. The number of halogens is 2. The van der Waals surface area contributed by atoms with Crippen LogP contribution in [0.15, 0.2) is 83.9 Å². The first kappa shape index (κ1) is 27.4. The minimum Gasteiger partial charge on any atom is -1.00 e. The molecule has 0 amide bonds. The van der Waals surface area contributed by atoms with Gasteiger partial charge in [-0.2, -0.15) is 0 Å². The van der Waals surface area contributed by atoms with Crippen LogP contribution >= 0.6 is 0 Å². The first-order chi connectivity index (χ1) is 16.3. The fraction of sp³-hybridized carbons (Fsp3) is 0.226. The van der Waals surface area contributed by atoms with Gasteiger partial charge in [0, 0.05) is 22.6 Å². The van der Waals surface area contributed by atoms with E-state index < -0.39 is 8.07 Å². The number of hydrogen-bond acceptors (Lipinski definition) is 0. The van der Waals surface area contributed by atoms with Crippen LogP contribution in [-0.2, 0) is 24.7 Å². The zero-order valence-corrected chi connectivity index (χ0v) is 26.3. The van der Waals surface area contributed by atoms with E-state index in [9.17, 15) is 0 Å². The number of rotatable bonds is 1. The second-order valence-electron chi connectivity index (χ2n) is 10.6. The number of fused-ring (bicyclic) bond motifs is 3. The standard InChI is InChI=1S/C17H19NSi.C14H11.2ClH.Zr/c1-11-10-14-15(17-12(2)16(14)19(17,3)4)18(11)13-8-6-5-7-9-13;1-10-8-12-7-6-11-4-2-3-5-13(11)14(12)9-10;;;/h5-10,17H,1-4H3;2-9H,1H3;2*1H;/q;;;;+2/p-2. The second kappa shape index (κ2) is 9.91. The van der Waals surface area contributed by atoms with Crippen LogP contribution < -0.4 is 24.8 Å². The average Bonchev–Trinajstić information content (AvgIpc) is 3.47. The van der Waals surface area contributed by atoms with Gasteiger partial charge in [0.1, 0.15) is 0 Å². The van der Waals surface area contributed by atoms with E-state index in [2.05, 4.69) is 117 Å².